The van der Waals surface area contributed by atoms with Gasteiger partial charge < -0.3 is 16.0 Å². The first kappa shape index (κ1) is 26.3. The average molecular weight is 302 g/mol. The van der Waals surface area contributed by atoms with E-state index in [-0.39, 0.29) is 41.1 Å². The minimum Gasteiger partial charge on any atom is -0.748 e. The summed E-state index contributed by atoms with van der Waals surface area (Å²) >= 11 is 0. The van der Waals surface area contributed by atoms with Gasteiger partial charge in [-0.3, -0.25) is 4.55 Å². The van der Waals surface area contributed by atoms with Crippen molar-refractivity contribution in [2.45, 2.75) is 13.8 Å². The van der Waals surface area contributed by atoms with Gasteiger partial charge in [0.2, 0.25) is 0 Å². The van der Waals surface area contributed by atoms with E-state index >= 15 is 0 Å². The van der Waals surface area contributed by atoms with Crippen molar-refractivity contribution in [3.05, 3.63) is 0 Å². The predicted molar refractivity (Wildman–Crippen MR) is 60.4 cm³/mol. The van der Waals surface area contributed by atoms with Crippen LogP contribution < -0.4 is 41.0 Å². The van der Waals surface area contributed by atoms with Crippen molar-refractivity contribution >= 4 is 20.2 Å². The zero-order valence-corrected chi connectivity index (χ0v) is 13.9. The van der Waals surface area contributed by atoms with Gasteiger partial charge in [-0.25, -0.2) is 8.42 Å². The molecule has 0 aliphatic rings. The second-order valence-electron chi connectivity index (χ2n) is 2.29. The van der Waals surface area contributed by atoms with Crippen molar-refractivity contribution in [2.24, 2.45) is 11.5 Å². The first-order valence-corrected chi connectivity index (χ1v) is 7.51. The van der Waals surface area contributed by atoms with Crippen LogP contribution in [0, 0.1) is 0 Å². The van der Waals surface area contributed by atoms with Crippen LogP contribution in [0.2, 0.25) is 0 Å². The fourth-order valence-electron chi connectivity index (χ4n) is 0. The Labute approximate surface area is 125 Å². The van der Waals surface area contributed by atoms with Gasteiger partial charge >= 0.3 is 29.6 Å². The SMILES string of the molecule is CCS(=O)(=O)O.CCS(=O)(=O)[O-].NCCN.[Na+]. The van der Waals surface area contributed by atoms with Crippen molar-refractivity contribution in [1.82, 2.24) is 0 Å². The van der Waals surface area contributed by atoms with Crippen LogP contribution >= 0.6 is 0 Å². The van der Waals surface area contributed by atoms with Gasteiger partial charge in [0.05, 0.1) is 15.9 Å². The van der Waals surface area contributed by atoms with Crippen LogP contribution in [-0.4, -0.2) is 50.5 Å². The maximum Gasteiger partial charge on any atom is 1.00 e. The first-order chi connectivity index (χ1) is 7.04. The molecular formula is C6H19N2NaO6S2. The Bertz CT molecular complexity index is 294. The Kier molecular flexibility index (Phi) is 22.9. The molecule has 17 heavy (non-hydrogen) atoms. The number of hydrogen-bond acceptors (Lipinski definition) is 7. The van der Waals surface area contributed by atoms with Gasteiger partial charge in [-0.1, -0.05) is 6.92 Å². The molecular weight excluding hydrogens is 283 g/mol. The van der Waals surface area contributed by atoms with Crippen LogP contribution in [0.5, 0.6) is 0 Å². The maximum atomic E-state index is 9.56. The van der Waals surface area contributed by atoms with Crippen molar-refractivity contribution < 1.29 is 55.5 Å². The summed E-state index contributed by atoms with van der Waals surface area (Å²) in [7, 11) is -7.57. The number of rotatable bonds is 3. The molecule has 0 aromatic carbocycles. The number of hydrogen-bond donors (Lipinski definition) is 3. The second kappa shape index (κ2) is 14.8. The van der Waals surface area contributed by atoms with Crippen LogP contribution in [0.1, 0.15) is 13.8 Å². The molecule has 0 bridgehead atoms. The predicted octanol–water partition coefficient (Wildman–Crippen LogP) is -4.65. The standard InChI is InChI=1S/C2H8N2.2C2H6O3S.Na/c3-1-2-4;2*1-2-6(3,4)5;/h1-4H2;2*2H2,1H3,(H,3,4,5);/q;;;+1/p-1. The molecule has 0 rings (SSSR count). The molecule has 0 unspecified atom stereocenters. The molecule has 0 radical (unpaired) electrons. The summed E-state index contributed by atoms with van der Waals surface area (Å²) in [4.78, 5) is 0. The molecule has 11 heteroatoms. The zero-order valence-electron chi connectivity index (χ0n) is 10.3. The quantitative estimate of drug-likeness (QED) is 0.346. The van der Waals surface area contributed by atoms with Gasteiger partial charge in [-0.05, 0) is 6.92 Å². The normalized spacial score (nSPS) is 10.0. The Balaban J connectivity index is -0.0000000741. The summed E-state index contributed by atoms with van der Waals surface area (Å²) in [6.07, 6.45) is 0. The minimum absolute atomic E-state index is 0. The molecule has 0 spiro atoms. The van der Waals surface area contributed by atoms with Crippen LogP contribution in [0.15, 0.2) is 0 Å². The molecule has 102 valence electrons. The Hall–Kier alpha value is 0.740. The molecule has 0 saturated heterocycles. The first-order valence-electron chi connectivity index (χ1n) is 4.32. The van der Waals surface area contributed by atoms with E-state index in [1.807, 2.05) is 0 Å². The van der Waals surface area contributed by atoms with Gasteiger partial charge in [0, 0.05) is 18.8 Å². The summed E-state index contributed by atoms with van der Waals surface area (Å²) in [5, 5.41) is 0. The van der Waals surface area contributed by atoms with Crippen LogP contribution in [0.3, 0.4) is 0 Å². The smallest absolute Gasteiger partial charge is 0.748 e. The van der Waals surface area contributed by atoms with E-state index < -0.39 is 20.2 Å². The molecule has 0 aliphatic carbocycles. The third-order valence-electron chi connectivity index (χ3n) is 0.885. The van der Waals surface area contributed by atoms with Gasteiger partial charge in [-0.2, -0.15) is 8.42 Å². The molecule has 0 aliphatic heterocycles. The minimum atomic E-state index is -3.91. The van der Waals surface area contributed by atoms with Crippen molar-refractivity contribution in [3.63, 3.8) is 0 Å². The number of nitrogens with two attached hydrogens (primary N) is 2. The van der Waals surface area contributed by atoms with Gasteiger partial charge in [-0.15, -0.1) is 0 Å². The van der Waals surface area contributed by atoms with E-state index in [1.165, 1.54) is 13.8 Å². The van der Waals surface area contributed by atoms with E-state index in [9.17, 15) is 21.4 Å². The molecule has 0 fully saturated rings. The molecule has 0 atom stereocenters. The third-order valence-corrected chi connectivity index (χ3v) is 2.32. The molecule has 0 aromatic rings. The zero-order chi connectivity index (χ0) is 13.8. The topological polar surface area (TPSA) is 164 Å². The Morgan fingerprint density at radius 3 is 1.18 bits per heavy atom. The Morgan fingerprint density at radius 1 is 1.00 bits per heavy atom. The summed E-state index contributed by atoms with van der Waals surface area (Å²) < 4.78 is 55.2. The van der Waals surface area contributed by atoms with Crippen molar-refractivity contribution in [2.75, 3.05) is 24.6 Å². The van der Waals surface area contributed by atoms with Gasteiger partial charge in [0.15, 0.2) is 0 Å². The van der Waals surface area contributed by atoms with Crippen molar-refractivity contribution in [1.29, 1.82) is 0 Å². The summed E-state index contributed by atoms with van der Waals surface area (Å²) in [5.74, 6) is -0.514. The summed E-state index contributed by atoms with van der Waals surface area (Å²) in [6, 6.07) is 0. The fourth-order valence-corrected chi connectivity index (χ4v) is 0. The van der Waals surface area contributed by atoms with Crippen LogP contribution in [0.25, 0.3) is 0 Å². The molecule has 8 nitrogen and oxygen atoms in total. The van der Waals surface area contributed by atoms with E-state index in [4.69, 9.17) is 16.0 Å². The molecule has 0 aromatic heterocycles. The Morgan fingerprint density at radius 2 is 1.18 bits per heavy atom. The van der Waals surface area contributed by atoms with E-state index in [0.717, 1.165) is 0 Å². The van der Waals surface area contributed by atoms with Crippen LogP contribution in [0.4, 0.5) is 0 Å². The summed E-state index contributed by atoms with van der Waals surface area (Å²) in [5.41, 5.74) is 9.81. The average Bonchev–Trinajstić information content (AvgIpc) is 2.17. The van der Waals surface area contributed by atoms with Crippen molar-refractivity contribution in [3.8, 4) is 0 Å². The van der Waals surface area contributed by atoms with Gasteiger partial charge in [0.25, 0.3) is 10.1 Å². The fraction of sp³-hybridized carbons (Fsp3) is 1.00. The van der Waals surface area contributed by atoms with E-state index in [1.54, 1.807) is 0 Å². The summed E-state index contributed by atoms with van der Waals surface area (Å²) in [6.45, 7) is 3.87. The molecule has 5 N–H and O–H groups in total. The molecule has 0 saturated carbocycles. The second-order valence-corrected chi connectivity index (χ2v) is 5.73. The van der Waals surface area contributed by atoms with E-state index in [0.29, 0.717) is 13.1 Å². The largest absolute Gasteiger partial charge is 1.00 e. The van der Waals surface area contributed by atoms with E-state index in [2.05, 4.69) is 0 Å². The van der Waals surface area contributed by atoms with Crippen LogP contribution in [-0.2, 0) is 20.2 Å². The molecule has 0 heterocycles. The maximum absolute atomic E-state index is 9.56. The van der Waals surface area contributed by atoms with Gasteiger partial charge in [0.1, 0.15) is 0 Å². The third kappa shape index (κ3) is 60.7. The molecule has 0 amide bonds. The monoisotopic (exact) mass is 302 g/mol.